The number of esters is 1. The van der Waals surface area contributed by atoms with Crippen LogP contribution in [0.15, 0.2) is 3.79 Å². The van der Waals surface area contributed by atoms with Gasteiger partial charge in [0.05, 0.1) is 16.0 Å². The van der Waals surface area contributed by atoms with Crippen molar-refractivity contribution in [2.75, 3.05) is 6.61 Å². The summed E-state index contributed by atoms with van der Waals surface area (Å²) in [6, 6.07) is 0. The maximum atomic E-state index is 11.7. The zero-order valence-electron chi connectivity index (χ0n) is 8.84. The van der Waals surface area contributed by atoms with E-state index in [1.54, 1.807) is 6.92 Å². The van der Waals surface area contributed by atoms with Crippen molar-refractivity contribution < 1.29 is 14.3 Å². The average Bonchev–Trinajstić information content (AvgIpc) is 2.53. The smallest absolute Gasteiger partial charge is 0.340 e. The lowest BCUT2D eigenvalue weighted by atomic mass is 9.95. The van der Waals surface area contributed by atoms with E-state index in [9.17, 15) is 9.59 Å². The van der Waals surface area contributed by atoms with Gasteiger partial charge >= 0.3 is 5.97 Å². The van der Waals surface area contributed by atoms with E-state index in [0.29, 0.717) is 25.0 Å². The molecule has 1 aromatic heterocycles. The number of halogens is 1. The minimum absolute atomic E-state index is 0.198. The Morgan fingerprint density at radius 1 is 1.50 bits per heavy atom. The van der Waals surface area contributed by atoms with Crippen LogP contribution in [0.5, 0.6) is 0 Å². The topological polar surface area (TPSA) is 43.4 Å². The molecule has 2 rings (SSSR count). The number of carbonyl (C=O) groups excluding carboxylic acids is 2. The van der Waals surface area contributed by atoms with E-state index in [2.05, 4.69) is 15.9 Å². The molecule has 0 bridgehead atoms. The molecule has 0 aliphatic heterocycles. The third-order valence-electron chi connectivity index (χ3n) is 2.53. The zero-order valence-corrected chi connectivity index (χ0v) is 11.2. The number of ether oxygens (including phenoxy) is 1. The van der Waals surface area contributed by atoms with Crippen molar-refractivity contribution in [1.29, 1.82) is 0 Å². The lowest BCUT2D eigenvalue weighted by molar-refractivity contribution is -0.118. The lowest BCUT2D eigenvalue weighted by Crippen LogP contribution is -2.15. The van der Waals surface area contributed by atoms with Gasteiger partial charge in [-0.2, -0.15) is 0 Å². The van der Waals surface area contributed by atoms with Crippen molar-refractivity contribution >= 4 is 39.0 Å². The highest BCUT2D eigenvalue weighted by atomic mass is 79.9. The maximum Gasteiger partial charge on any atom is 0.340 e. The molecule has 0 N–H and O–H groups in total. The van der Waals surface area contributed by atoms with Crippen LogP contribution in [0.1, 0.15) is 34.1 Å². The molecular weight excluding hydrogens is 292 g/mol. The van der Waals surface area contributed by atoms with Crippen molar-refractivity contribution in [2.45, 2.75) is 26.2 Å². The molecule has 86 valence electrons. The first-order chi connectivity index (χ1) is 7.63. The first-order valence-electron chi connectivity index (χ1n) is 5.12. The van der Waals surface area contributed by atoms with Gasteiger partial charge in [-0.25, -0.2) is 4.79 Å². The molecule has 1 aromatic rings. The third kappa shape index (κ3) is 2.06. The van der Waals surface area contributed by atoms with Crippen LogP contribution in [0.25, 0.3) is 0 Å². The molecule has 0 spiro atoms. The van der Waals surface area contributed by atoms with Gasteiger partial charge in [-0.05, 0) is 34.8 Å². The average molecular weight is 303 g/mol. The number of aryl methyl sites for hydroxylation is 1. The molecule has 16 heavy (non-hydrogen) atoms. The summed E-state index contributed by atoms with van der Waals surface area (Å²) in [5, 5.41) is 0. The summed E-state index contributed by atoms with van der Waals surface area (Å²) in [7, 11) is 0. The third-order valence-corrected chi connectivity index (χ3v) is 4.49. The molecule has 0 atom stereocenters. The van der Waals surface area contributed by atoms with E-state index < -0.39 is 0 Å². The number of carbonyl (C=O) groups is 2. The van der Waals surface area contributed by atoms with Crippen LogP contribution >= 0.6 is 27.3 Å². The number of hydrogen-bond acceptors (Lipinski definition) is 4. The first kappa shape index (κ1) is 11.8. The van der Waals surface area contributed by atoms with Crippen molar-refractivity contribution in [3.05, 3.63) is 19.8 Å². The van der Waals surface area contributed by atoms with Crippen LogP contribution in [-0.2, 0) is 22.4 Å². The number of Topliss-reactive ketones (excluding diaryl/α,β-unsaturated/α-hetero) is 1. The van der Waals surface area contributed by atoms with Crippen molar-refractivity contribution in [1.82, 2.24) is 0 Å². The van der Waals surface area contributed by atoms with Gasteiger partial charge < -0.3 is 4.74 Å². The zero-order chi connectivity index (χ0) is 11.7. The standard InChI is InChI=1S/C11H11BrO3S/c1-2-15-11(14)9-7-5-6(13)3-4-8(7)16-10(9)12/h2-5H2,1H3. The summed E-state index contributed by atoms with van der Waals surface area (Å²) in [4.78, 5) is 24.3. The number of rotatable bonds is 2. The monoisotopic (exact) mass is 302 g/mol. The fraction of sp³-hybridized carbons (Fsp3) is 0.455. The van der Waals surface area contributed by atoms with Gasteiger partial charge in [0.1, 0.15) is 5.78 Å². The first-order valence-corrected chi connectivity index (χ1v) is 6.73. The fourth-order valence-electron chi connectivity index (χ4n) is 1.81. The SMILES string of the molecule is CCOC(=O)c1c(Br)sc2c1CC(=O)CC2. The van der Waals surface area contributed by atoms with Crippen molar-refractivity contribution in [3.8, 4) is 0 Å². The Kier molecular flexibility index (Phi) is 3.44. The van der Waals surface area contributed by atoms with Gasteiger partial charge in [0.15, 0.2) is 0 Å². The quantitative estimate of drug-likeness (QED) is 0.789. The Balaban J connectivity index is 2.41. The minimum Gasteiger partial charge on any atom is -0.462 e. The molecule has 0 aromatic carbocycles. The normalized spacial score (nSPS) is 14.8. The second kappa shape index (κ2) is 4.67. The molecule has 0 saturated carbocycles. The number of hydrogen-bond donors (Lipinski definition) is 0. The van der Waals surface area contributed by atoms with Gasteiger partial charge in [0.25, 0.3) is 0 Å². The predicted octanol–water partition coefficient (Wildman–Crippen LogP) is 2.75. The van der Waals surface area contributed by atoms with Gasteiger partial charge in [-0.3, -0.25) is 4.79 Å². The Morgan fingerprint density at radius 2 is 2.25 bits per heavy atom. The molecule has 1 aliphatic carbocycles. The van der Waals surface area contributed by atoms with Gasteiger partial charge in [0, 0.05) is 17.7 Å². The molecule has 1 aliphatic rings. The lowest BCUT2D eigenvalue weighted by Gasteiger charge is -2.11. The largest absolute Gasteiger partial charge is 0.462 e. The predicted molar refractivity (Wildman–Crippen MR) is 65.0 cm³/mol. The van der Waals surface area contributed by atoms with Crippen LogP contribution < -0.4 is 0 Å². The second-order valence-corrected chi connectivity index (χ2v) is 6.01. The molecule has 5 heteroatoms. The van der Waals surface area contributed by atoms with E-state index in [0.717, 1.165) is 20.6 Å². The van der Waals surface area contributed by atoms with Crippen LogP contribution in [0.4, 0.5) is 0 Å². The highest BCUT2D eigenvalue weighted by Crippen LogP contribution is 2.37. The molecule has 0 unspecified atom stereocenters. The summed E-state index contributed by atoms with van der Waals surface area (Å²) < 4.78 is 5.78. The van der Waals surface area contributed by atoms with E-state index in [1.807, 2.05) is 0 Å². The van der Waals surface area contributed by atoms with Gasteiger partial charge in [0.2, 0.25) is 0 Å². The summed E-state index contributed by atoms with van der Waals surface area (Å²) in [6.45, 7) is 2.12. The molecule has 0 saturated heterocycles. The molecule has 3 nitrogen and oxygen atoms in total. The molecule has 0 fully saturated rings. The Hall–Kier alpha value is -0.680. The van der Waals surface area contributed by atoms with E-state index in [4.69, 9.17) is 4.74 Å². The second-order valence-electron chi connectivity index (χ2n) is 3.59. The van der Waals surface area contributed by atoms with Crippen molar-refractivity contribution in [3.63, 3.8) is 0 Å². The van der Waals surface area contributed by atoms with Gasteiger partial charge in [-0.1, -0.05) is 0 Å². The summed E-state index contributed by atoms with van der Waals surface area (Å²) in [5.74, 6) is -0.134. The van der Waals surface area contributed by atoms with Crippen LogP contribution in [0, 0.1) is 0 Å². The van der Waals surface area contributed by atoms with Crippen LogP contribution in [0.3, 0.4) is 0 Å². The number of ketones is 1. The van der Waals surface area contributed by atoms with Crippen LogP contribution in [0.2, 0.25) is 0 Å². The molecule has 0 amide bonds. The molecule has 0 radical (unpaired) electrons. The minimum atomic E-state index is -0.332. The van der Waals surface area contributed by atoms with Crippen LogP contribution in [-0.4, -0.2) is 18.4 Å². The van der Waals surface area contributed by atoms with E-state index in [-0.39, 0.29) is 11.8 Å². The Morgan fingerprint density at radius 3 is 2.94 bits per heavy atom. The number of fused-ring (bicyclic) bond motifs is 1. The molecule has 1 heterocycles. The van der Waals surface area contributed by atoms with Gasteiger partial charge in [-0.15, -0.1) is 11.3 Å². The van der Waals surface area contributed by atoms with E-state index >= 15 is 0 Å². The Bertz CT molecular complexity index is 450. The summed E-state index contributed by atoms with van der Waals surface area (Å²) >= 11 is 4.91. The summed E-state index contributed by atoms with van der Waals surface area (Å²) in [6.07, 6.45) is 1.70. The van der Waals surface area contributed by atoms with Crippen molar-refractivity contribution in [2.24, 2.45) is 0 Å². The van der Waals surface area contributed by atoms with E-state index in [1.165, 1.54) is 11.3 Å². The Labute approximate surface area is 106 Å². The highest BCUT2D eigenvalue weighted by molar-refractivity contribution is 9.11. The fourth-order valence-corrected chi connectivity index (χ4v) is 3.83. The summed E-state index contributed by atoms with van der Waals surface area (Å²) in [5.41, 5.74) is 1.42. The number of thiophene rings is 1. The maximum absolute atomic E-state index is 11.7. The highest BCUT2D eigenvalue weighted by Gasteiger charge is 2.27. The molecular formula is C11H11BrO3S.